The molecular formula is C29H25F3N6O3S. The molecule has 0 bridgehead atoms. The summed E-state index contributed by atoms with van der Waals surface area (Å²) in [6.07, 6.45) is 4.03. The van der Waals surface area contributed by atoms with E-state index in [2.05, 4.69) is 25.3 Å². The van der Waals surface area contributed by atoms with Crippen molar-refractivity contribution in [3.05, 3.63) is 94.3 Å². The van der Waals surface area contributed by atoms with E-state index in [0.29, 0.717) is 34.0 Å². The smallest absolute Gasteiger partial charge is 0.262 e. The molecule has 216 valence electrons. The first-order valence-corrected chi connectivity index (χ1v) is 14.5. The number of hydrogen-bond donors (Lipinski definition) is 1. The summed E-state index contributed by atoms with van der Waals surface area (Å²) < 4.78 is 69.2. The molecule has 0 saturated carbocycles. The van der Waals surface area contributed by atoms with Gasteiger partial charge in [-0.25, -0.2) is 41.5 Å². The van der Waals surface area contributed by atoms with Gasteiger partial charge in [0, 0.05) is 49.0 Å². The van der Waals surface area contributed by atoms with E-state index < -0.39 is 38.6 Å². The average Bonchev–Trinajstić information content (AvgIpc) is 2.94. The van der Waals surface area contributed by atoms with Gasteiger partial charge in [-0.3, -0.25) is 4.79 Å². The lowest BCUT2D eigenvalue weighted by molar-refractivity contribution is 0.125. The number of halogens is 3. The molecule has 13 heteroatoms. The second-order valence-corrected chi connectivity index (χ2v) is 11.9. The summed E-state index contributed by atoms with van der Waals surface area (Å²) in [6, 6.07) is 5.82. The Bertz CT molecular complexity index is 1980. The number of nitrogens with zero attached hydrogens (tertiary/aromatic N) is 5. The van der Waals surface area contributed by atoms with Crippen LogP contribution in [-0.2, 0) is 16.9 Å². The van der Waals surface area contributed by atoms with Gasteiger partial charge >= 0.3 is 0 Å². The van der Waals surface area contributed by atoms with Gasteiger partial charge in [0.05, 0.1) is 21.8 Å². The Hall–Kier alpha value is -4.65. The molecule has 42 heavy (non-hydrogen) atoms. The van der Waals surface area contributed by atoms with Gasteiger partial charge in [-0.1, -0.05) is 6.07 Å². The van der Waals surface area contributed by atoms with Crippen LogP contribution in [-0.4, -0.2) is 45.6 Å². The molecule has 0 aliphatic heterocycles. The zero-order chi connectivity index (χ0) is 30.3. The van der Waals surface area contributed by atoms with Crippen molar-refractivity contribution >= 4 is 26.3 Å². The standard InChI is InChI=1S/C29H25F3N6O3S/c1-15-7-21(26(27(31)32)37-23-6-5-19(30)9-25(23)42(4,40)41)20-10-24(38(3)29(39)22(20)8-15)17-11-35-28(36-12-17)18-13-33-16(2)34-14-18/h5-14,26-27,37H,1-4H3/t26-/m0/s1. The van der Waals surface area contributed by atoms with Gasteiger partial charge in [0.15, 0.2) is 15.7 Å². The molecule has 3 heterocycles. The number of nitrogens with one attached hydrogen (secondary N) is 1. The molecule has 1 N–H and O–H groups in total. The molecule has 5 aromatic rings. The summed E-state index contributed by atoms with van der Waals surface area (Å²) in [4.78, 5) is 30.1. The fourth-order valence-corrected chi connectivity index (χ4v) is 5.56. The minimum atomic E-state index is -3.96. The molecule has 0 radical (unpaired) electrons. The molecule has 0 unspecified atom stereocenters. The number of benzene rings is 2. The van der Waals surface area contributed by atoms with Gasteiger partial charge < -0.3 is 9.88 Å². The van der Waals surface area contributed by atoms with E-state index >= 15 is 0 Å². The fraction of sp³-hybridized carbons (Fsp3) is 0.207. The molecular weight excluding hydrogens is 569 g/mol. The van der Waals surface area contributed by atoms with Crippen LogP contribution in [0.15, 0.2) is 70.9 Å². The first-order valence-electron chi connectivity index (χ1n) is 12.6. The van der Waals surface area contributed by atoms with E-state index in [1.807, 2.05) is 0 Å². The largest absolute Gasteiger partial charge is 0.372 e. The first kappa shape index (κ1) is 28.9. The number of rotatable bonds is 7. The molecule has 1 atom stereocenters. The number of aryl methyl sites for hydroxylation is 2. The van der Waals surface area contributed by atoms with Crippen LogP contribution in [0.3, 0.4) is 0 Å². The molecule has 0 saturated heterocycles. The molecule has 0 fully saturated rings. The maximum atomic E-state index is 14.7. The van der Waals surface area contributed by atoms with Crippen molar-refractivity contribution in [3.8, 4) is 22.6 Å². The van der Waals surface area contributed by atoms with Crippen molar-refractivity contribution in [2.75, 3.05) is 11.6 Å². The lowest BCUT2D eigenvalue weighted by atomic mass is 9.95. The van der Waals surface area contributed by atoms with E-state index in [4.69, 9.17) is 0 Å². The third-order valence-electron chi connectivity index (χ3n) is 6.76. The van der Waals surface area contributed by atoms with Crippen LogP contribution < -0.4 is 10.9 Å². The summed E-state index contributed by atoms with van der Waals surface area (Å²) in [5.41, 5.74) is 1.41. The van der Waals surface area contributed by atoms with Crippen molar-refractivity contribution < 1.29 is 21.6 Å². The third kappa shape index (κ3) is 5.59. The highest BCUT2D eigenvalue weighted by Gasteiger charge is 2.28. The van der Waals surface area contributed by atoms with Gasteiger partial charge in [0.1, 0.15) is 17.7 Å². The molecule has 5 rings (SSSR count). The van der Waals surface area contributed by atoms with Crippen LogP contribution in [0, 0.1) is 19.7 Å². The van der Waals surface area contributed by atoms with Crippen molar-refractivity contribution in [2.24, 2.45) is 7.05 Å². The average molecular weight is 595 g/mol. The Morgan fingerprint density at radius 1 is 0.881 bits per heavy atom. The molecule has 3 aromatic heterocycles. The predicted molar refractivity (Wildman–Crippen MR) is 153 cm³/mol. The van der Waals surface area contributed by atoms with Crippen molar-refractivity contribution in [1.82, 2.24) is 24.5 Å². The number of sulfone groups is 1. The number of hydrogen-bond acceptors (Lipinski definition) is 8. The predicted octanol–water partition coefficient (Wildman–Crippen LogP) is 5.03. The van der Waals surface area contributed by atoms with Crippen LogP contribution in [0.1, 0.15) is 23.0 Å². The molecule has 0 aliphatic carbocycles. The maximum Gasteiger partial charge on any atom is 0.262 e. The zero-order valence-electron chi connectivity index (χ0n) is 22.9. The van der Waals surface area contributed by atoms with Crippen molar-refractivity contribution in [3.63, 3.8) is 0 Å². The first-order chi connectivity index (χ1) is 19.8. The lowest BCUT2D eigenvalue weighted by Crippen LogP contribution is -2.23. The zero-order valence-corrected chi connectivity index (χ0v) is 23.7. The normalized spacial score (nSPS) is 12.6. The summed E-state index contributed by atoms with van der Waals surface area (Å²) in [6.45, 7) is 3.42. The van der Waals surface area contributed by atoms with E-state index in [1.165, 1.54) is 23.0 Å². The second-order valence-electron chi connectivity index (χ2n) is 9.89. The van der Waals surface area contributed by atoms with E-state index in [0.717, 1.165) is 24.5 Å². The SMILES string of the molecule is Cc1cc([C@H](Nc2ccc(F)cc2S(C)(=O)=O)C(F)F)c2cc(-c3cnc(-c4cnc(C)nc4)nc3)n(C)c(=O)c2c1. The van der Waals surface area contributed by atoms with Gasteiger partial charge in [0.25, 0.3) is 12.0 Å². The number of aromatic nitrogens is 5. The highest BCUT2D eigenvalue weighted by Crippen LogP contribution is 2.35. The second kappa shape index (κ2) is 11.0. The third-order valence-corrected chi connectivity index (χ3v) is 7.90. The van der Waals surface area contributed by atoms with Gasteiger partial charge in [-0.15, -0.1) is 0 Å². The molecule has 2 aromatic carbocycles. The Morgan fingerprint density at radius 2 is 1.52 bits per heavy atom. The van der Waals surface area contributed by atoms with Crippen molar-refractivity contribution in [2.45, 2.75) is 31.2 Å². The highest BCUT2D eigenvalue weighted by atomic mass is 32.2. The van der Waals surface area contributed by atoms with E-state index in [1.54, 1.807) is 45.4 Å². The number of fused-ring (bicyclic) bond motifs is 1. The molecule has 0 spiro atoms. The van der Waals surface area contributed by atoms with Crippen LogP contribution in [0.2, 0.25) is 0 Å². The number of anilines is 1. The Balaban J connectivity index is 1.65. The molecule has 0 amide bonds. The minimum absolute atomic E-state index is 0.0667. The maximum absolute atomic E-state index is 14.7. The summed E-state index contributed by atoms with van der Waals surface area (Å²) in [5, 5.41) is 3.03. The van der Waals surface area contributed by atoms with Crippen molar-refractivity contribution in [1.29, 1.82) is 0 Å². The quantitative estimate of drug-likeness (QED) is 0.279. The number of alkyl halides is 2. The highest BCUT2D eigenvalue weighted by molar-refractivity contribution is 7.90. The van der Waals surface area contributed by atoms with Gasteiger partial charge in [-0.05, 0) is 60.7 Å². The van der Waals surface area contributed by atoms with Crippen LogP contribution in [0.4, 0.5) is 18.9 Å². The van der Waals surface area contributed by atoms with E-state index in [9.17, 15) is 26.4 Å². The van der Waals surface area contributed by atoms with Crippen LogP contribution in [0.25, 0.3) is 33.4 Å². The van der Waals surface area contributed by atoms with Crippen LogP contribution >= 0.6 is 0 Å². The Morgan fingerprint density at radius 3 is 2.14 bits per heavy atom. The van der Waals surface area contributed by atoms with E-state index in [-0.39, 0.29) is 22.0 Å². The van der Waals surface area contributed by atoms with Gasteiger partial charge in [0.2, 0.25) is 0 Å². The van der Waals surface area contributed by atoms with Gasteiger partial charge in [-0.2, -0.15) is 0 Å². The summed E-state index contributed by atoms with van der Waals surface area (Å²) >= 11 is 0. The summed E-state index contributed by atoms with van der Waals surface area (Å²) in [7, 11) is -2.41. The molecule has 9 nitrogen and oxygen atoms in total. The van der Waals surface area contributed by atoms with Crippen LogP contribution in [0.5, 0.6) is 0 Å². The number of pyridine rings is 1. The summed E-state index contributed by atoms with van der Waals surface area (Å²) in [5.74, 6) is 0.131. The Labute approximate surface area is 239 Å². The topological polar surface area (TPSA) is 120 Å². The minimum Gasteiger partial charge on any atom is -0.372 e. The monoisotopic (exact) mass is 594 g/mol. The lowest BCUT2D eigenvalue weighted by Gasteiger charge is -2.24. The Kier molecular flexibility index (Phi) is 7.54. The molecule has 0 aliphatic rings. The fourth-order valence-electron chi connectivity index (χ4n) is 4.71.